The van der Waals surface area contributed by atoms with Crippen LogP contribution >= 0.6 is 11.3 Å². The summed E-state index contributed by atoms with van der Waals surface area (Å²) >= 11 is 1.72. The van der Waals surface area contributed by atoms with Crippen LogP contribution in [0.15, 0.2) is 24.3 Å². The summed E-state index contributed by atoms with van der Waals surface area (Å²) in [7, 11) is 0. The van der Waals surface area contributed by atoms with E-state index >= 15 is 0 Å². The molecular formula is C22H34N2OS. The van der Waals surface area contributed by atoms with Gasteiger partial charge in [-0.3, -0.25) is 0 Å². The summed E-state index contributed by atoms with van der Waals surface area (Å²) in [6.45, 7) is 5.30. The quantitative estimate of drug-likeness (QED) is 0.332. The van der Waals surface area contributed by atoms with Crippen molar-refractivity contribution in [3.05, 3.63) is 29.3 Å². The van der Waals surface area contributed by atoms with Gasteiger partial charge in [0, 0.05) is 12.0 Å². The van der Waals surface area contributed by atoms with Crippen LogP contribution in [0.4, 0.5) is 0 Å². The largest absolute Gasteiger partial charge is 0.494 e. The number of rotatable bonds is 14. The Hall–Kier alpha value is -1.42. The monoisotopic (exact) mass is 374 g/mol. The molecule has 0 saturated heterocycles. The summed E-state index contributed by atoms with van der Waals surface area (Å²) < 4.78 is 5.85. The molecule has 0 spiro atoms. The van der Waals surface area contributed by atoms with Crippen LogP contribution in [-0.4, -0.2) is 16.8 Å². The van der Waals surface area contributed by atoms with Crippen molar-refractivity contribution >= 4 is 11.3 Å². The standard InChI is InChI=1S/C22H34N2OS/c1-3-5-7-9-10-12-18-25-20-16-14-19(15-17-20)22-24-23-21(26-22)13-11-8-6-4-2/h14-17H,3-13,18H2,1-2H3. The number of ether oxygens (including phenoxy) is 1. The first-order chi connectivity index (χ1) is 12.8. The van der Waals surface area contributed by atoms with E-state index in [1.54, 1.807) is 11.3 Å². The van der Waals surface area contributed by atoms with Crippen molar-refractivity contribution in [2.75, 3.05) is 6.61 Å². The van der Waals surface area contributed by atoms with Crippen molar-refractivity contribution < 1.29 is 4.74 Å². The zero-order valence-corrected chi connectivity index (χ0v) is 17.3. The number of aryl methyl sites for hydroxylation is 1. The second-order valence-corrected chi connectivity index (χ2v) is 8.01. The zero-order chi connectivity index (χ0) is 18.5. The maximum atomic E-state index is 5.85. The Morgan fingerprint density at radius 2 is 1.42 bits per heavy atom. The number of hydrogen-bond donors (Lipinski definition) is 0. The smallest absolute Gasteiger partial charge is 0.147 e. The molecule has 0 aliphatic rings. The van der Waals surface area contributed by atoms with Gasteiger partial charge in [0.2, 0.25) is 0 Å². The molecule has 1 aromatic carbocycles. The molecule has 0 aliphatic carbocycles. The number of aromatic nitrogens is 2. The molecule has 0 fully saturated rings. The molecule has 1 heterocycles. The van der Waals surface area contributed by atoms with E-state index in [1.807, 2.05) is 0 Å². The van der Waals surface area contributed by atoms with Gasteiger partial charge in [-0.05, 0) is 37.1 Å². The molecule has 3 nitrogen and oxygen atoms in total. The van der Waals surface area contributed by atoms with Crippen LogP contribution in [-0.2, 0) is 6.42 Å². The highest BCUT2D eigenvalue weighted by Gasteiger charge is 2.07. The highest BCUT2D eigenvalue weighted by Crippen LogP contribution is 2.26. The molecular weight excluding hydrogens is 340 g/mol. The van der Waals surface area contributed by atoms with Crippen molar-refractivity contribution in [1.82, 2.24) is 10.2 Å². The molecule has 2 aromatic rings. The van der Waals surface area contributed by atoms with Crippen LogP contribution in [0.1, 0.15) is 83.1 Å². The molecule has 0 bridgehead atoms. The Morgan fingerprint density at radius 1 is 0.769 bits per heavy atom. The highest BCUT2D eigenvalue weighted by molar-refractivity contribution is 7.14. The minimum absolute atomic E-state index is 0.812. The maximum absolute atomic E-state index is 5.85. The zero-order valence-electron chi connectivity index (χ0n) is 16.5. The van der Waals surface area contributed by atoms with E-state index in [0.717, 1.165) is 40.8 Å². The molecule has 0 aliphatic heterocycles. The van der Waals surface area contributed by atoms with E-state index in [1.165, 1.54) is 57.8 Å². The van der Waals surface area contributed by atoms with Gasteiger partial charge in [0.25, 0.3) is 0 Å². The second kappa shape index (κ2) is 12.9. The van der Waals surface area contributed by atoms with Gasteiger partial charge in [-0.1, -0.05) is 76.6 Å². The lowest BCUT2D eigenvalue weighted by Gasteiger charge is -2.06. The minimum atomic E-state index is 0.812. The van der Waals surface area contributed by atoms with Crippen molar-refractivity contribution in [3.63, 3.8) is 0 Å². The van der Waals surface area contributed by atoms with Crippen molar-refractivity contribution in [3.8, 4) is 16.3 Å². The fourth-order valence-electron chi connectivity index (χ4n) is 2.94. The van der Waals surface area contributed by atoms with Crippen molar-refractivity contribution in [1.29, 1.82) is 0 Å². The SMILES string of the molecule is CCCCCCCCOc1ccc(-c2nnc(CCCCCC)s2)cc1. The summed E-state index contributed by atoms with van der Waals surface area (Å²) in [5.41, 5.74) is 1.13. The van der Waals surface area contributed by atoms with Crippen molar-refractivity contribution in [2.24, 2.45) is 0 Å². The van der Waals surface area contributed by atoms with Gasteiger partial charge in [-0.25, -0.2) is 0 Å². The Bertz CT molecular complexity index is 594. The Labute approximate surface area is 163 Å². The number of benzene rings is 1. The average Bonchev–Trinajstić information content (AvgIpc) is 3.14. The molecule has 0 amide bonds. The third-order valence-corrected chi connectivity index (χ3v) is 5.61. The van der Waals surface area contributed by atoms with Crippen LogP contribution in [0, 0.1) is 0 Å². The number of hydrogen-bond acceptors (Lipinski definition) is 4. The second-order valence-electron chi connectivity index (χ2n) is 6.95. The molecule has 0 N–H and O–H groups in total. The van der Waals surface area contributed by atoms with E-state index in [0.29, 0.717) is 0 Å². The van der Waals surface area contributed by atoms with Crippen LogP contribution in [0.2, 0.25) is 0 Å². The van der Waals surface area contributed by atoms with E-state index in [2.05, 4.69) is 48.3 Å². The Balaban J connectivity index is 1.70. The van der Waals surface area contributed by atoms with Gasteiger partial charge in [0.1, 0.15) is 15.8 Å². The maximum Gasteiger partial charge on any atom is 0.147 e. The van der Waals surface area contributed by atoms with Gasteiger partial charge in [-0.2, -0.15) is 0 Å². The van der Waals surface area contributed by atoms with Crippen LogP contribution in [0.5, 0.6) is 5.75 Å². The fourth-order valence-corrected chi connectivity index (χ4v) is 3.83. The van der Waals surface area contributed by atoms with Crippen molar-refractivity contribution in [2.45, 2.75) is 84.5 Å². The lowest BCUT2D eigenvalue weighted by Crippen LogP contribution is -1.97. The molecule has 1 aromatic heterocycles. The summed E-state index contributed by atoms with van der Waals surface area (Å²) in [4.78, 5) is 0. The molecule has 0 atom stereocenters. The Morgan fingerprint density at radius 3 is 2.15 bits per heavy atom. The molecule has 26 heavy (non-hydrogen) atoms. The van der Waals surface area contributed by atoms with E-state index in [4.69, 9.17) is 4.74 Å². The summed E-state index contributed by atoms with van der Waals surface area (Å²) in [6.07, 6.45) is 13.9. The van der Waals surface area contributed by atoms with Gasteiger partial charge < -0.3 is 4.74 Å². The predicted molar refractivity (Wildman–Crippen MR) is 112 cm³/mol. The fraction of sp³-hybridized carbons (Fsp3) is 0.636. The lowest BCUT2D eigenvalue weighted by atomic mass is 10.1. The van der Waals surface area contributed by atoms with E-state index in [9.17, 15) is 0 Å². The highest BCUT2D eigenvalue weighted by atomic mass is 32.1. The average molecular weight is 375 g/mol. The van der Waals surface area contributed by atoms with E-state index < -0.39 is 0 Å². The van der Waals surface area contributed by atoms with Crippen LogP contribution < -0.4 is 4.74 Å². The lowest BCUT2D eigenvalue weighted by molar-refractivity contribution is 0.304. The number of nitrogens with zero attached hydrogens (tertiary/aromatic N) is 2. The normalized spacial score (nSPS) is 11.0. The van der Waals surface area contributed by atoms with Gasteiger partial charge in [0.15, 0.2) is 0 Å². The molecule has 0 unspecified atom stereocenters. The first kappa shape index (κ1) is 20.9. The number of unbranched alkanes of at least 4 members (excludes halogenated alkanes) is 8. The molecule has 0 saturated carbocycles. The summed E-state index contributed by atoms with van der Waals surface area (Å²) in [6, 6.07) is 8.29. The predicted octanol–water partition coefficient (Wildman–Crippen LogP) is 7.07. The minimum Gasteiger partial charge on any atom is -0.494 e. The first-order valence-electron chi connectivity index (χ1n) is 10.4. The summed E-state index contributed by atoms with van der Waals surface area (Å²) in [5.74, 6) is 0.951. The first-order valence-corrected chi connectivity index (χ1v) is 11.2. The topological polar surface area (TPSA) is 35.0 Å². The molecule has 4 heteroatoms. The van der Waals surface area contributed by atoms with E-state index in [-0.39, 0.29) is 0 Å². The van der Waals surface area contributed by atoms with Crippen LogP contribution in [0.25, 0.3) is 10.6 Å². The van der Waals surface area contributed by atoms with Gasteiger partial charge in [-0.15, -0.1) is 10.2 Å². The van der Waals surface area contributed by atoms with Gasteiger partial charge >= 0.3 is 0 Å². The third-order valence-electron chi connectivity index (χ3n) is 4.58. The molecule has 2 rings (SSSR count). The summed E-state index contributed by atoms with van der Waals surface area (Å²) in [5, 5.41) is 10.9. The van der Waals surface area contributed by atoms with Gasteiger partial charge in [0.05, 0.1) is 6.61 Å². The molecule has 144 valence electrons. The molecule has 0 radical (unpaired) electrons. The van der Waals surface area contributed by atoms with Crippen LogP contribution in [0.3, 0.4) is 0 Å². The third kappa shape index (κ3) is 7.86. The Kier molecular flexibility index (Phi) is 10.3.